The molecule has 4 nitrogen and oxygen atoms in total. The van der Waals surface area contributed by atoms with Gasteiger partial charge in [0.25, 0.3) is 0 Å². The highest BCUT2D eigenvalue weighted by molar-refractivity contribution is 5.73. The number of phenolic OH excluding ortho intramolecular Hbond substituents is 1. The monoisotopic (exact) mass is 236 g/mol. The minimum atomic E-state index is -0.232. The predicted molar refractivity (Wildman–Crippen MR) is 62.1 cm³/mol. The maximum Gasteiger partial charge on any atom is 0.308 e. The summed E-state index contributed by atoms with van der Waals surface area (Å²) in [5.41, 5.74) is 0.883. The Balaban J connectivity index is 2.35. The van der Waals surface area contributed by atoms with Crippen LogP contribution in [0.4, 0.5) is 0 Å². The summed E-state index contributed by atoms with van der Waals surface area (Å²) in [7, 11) is 1.39. The normalized spacial score (nSPS) is 20.0. The van der Waals surface area contributed by atoms with Gasteiger partial charge in [0, 0.05) is 11.5 Å². The maximum atomic E-state index is 11.6. The highest BCUT2D eigenvalue weighted by Crippen LogP contribution is 2.43. The van der Waals surface area contributed by atoms with Crippen LogP contribution in [0.3, 0.4) is 0 Å². The van der Waals surface area contributed by atoms with Crippen LogP contribution in [0.5, 0.6) is 11.5 Å². The highest BCUT2D eigenvalue weighted by atomic mass is 16.5. The van der Waals surface area contributed by atoms with E-state index < -0.39 is 0 Å². The molecule has 0 fully saturated rings. The number of methoxy groups -OCH3 is 1. The Morgan fingerprint density at radius 2 is 2.35 bits per heavy atom. The lowest BCUT2D eigenvalue weighted by Gasteiger charge is -2.29. The van der Waals surface area contributed by atoms with Crippen molar-refractivity contribution in [1.82, 2.24) is 0 Å². The molecule has 1 aromatic rings. The Labute approximate surface area is 100 Å². The van der Waals surface area contributed by atoms with Gasteiger partial charge in [0.1, 0.15) is 0 Å². The molecule has 2 unspecified atom stereocenters. The zero-order chi connectivity index (χ0) is 12.4. The molecule has 17 heavy (non-hydrogen) atoms. The third-order valence-corrected chi connectivity index (χ3v) is 3.28. The Kier molecular flexibility index (Phi) is 3.22. The SMILES string of the molecule is COC(=O)C(C)C1CCOc2c(O)cccc21. The zero-order valence-electron chi connectivity index (χ0n) is 9.97. The van der Waals surface area contributed by atoms with Gasteiger partial charge in [-0.05, 0) is 12.5 Å². The summed E-state index contributed by atoms with van der Waals surface area (Å²) in [5.74, 6) is 0.206. The number of carbonyl (C=O) groups excluding carboxylic acids is 1. The number of ether oxygens (including phenoxy) is 2. The first-order chi connectivity index (χ1) is 8.15. The number of aromatic hydroxyl groups is 1. The second kappa shape index (κ2) is 4.65. The Hall–Kier alpha value is -1.71. The van der Waals surface area contributed by atoms with Crippen molar-refractivity contribution < 1.29 is 19.4 Å². The van der Waals surface area contributed by atoms with Crippen LogP contribution in [0.15, 0.2) is 18.2 Å². The highest BCUT2D eigenvalue weighted by Gasteiger charge is 2.32. The van der Waals surface area contributed by atoms with Crippen LogP contribution >= 0.6 is 0 Å². The molecule has 92 valence electrons. The van der Waals surface area contributed by atoms with E-state index in [4.69, 9.17) is 9.47 Å². The molecule has 0 bridgehead atoms. The molecule has 0 saturated heterocycles. The van der Waals surface area contributed by atoms with E-state index in [1.807, 2.05) is 13.0 Å². The molecule has 0 spiro atoms. The lowest BCUT2D eigenvalue weighted by Crippen LogP contribution is -2.25. The fourth-order valence-electron chi connectivity index (χ4n) is 2.30. The minimum absolute atomic E-state index is 0.0401. The standard InChI is InChI=1S/C13H16O4/c1-8(13(15)16-2)9-6-7-17-12-10(9)4-3-5-11(12)14/h3-5,8-9,14H,6-7H2,1-2H3. The van der Waals surface area contributed by atoms with E-state index in [1.54, 1.807) is 12.1 Å². The van der Waals surface area contributed by atoms with Crippen LogP contribution in [0, 0.1) is 5.92 Å². The van der Waals surface area contributed by atoms with Crippen molar-refractivity contribution in [3.63, 3.8) is 0 Å². The summed E-state index contributed by atoms with van der Waals surface area (Å²) in [4.78, 5) is 11.6. The first-order valence-corrected chi connectivity index (χ1v) is 5.67. The topological polar surface area (TPSA) is 55.8 Å². The zero-order valence-corrected chi connectivity index (χ0v) is 9.97. The van der Waals surface area contributed by atoms with E-state index >= 15 is 0 Å². The van der Waals surface area contributed by atoms with Gasteiger partial charge in [-0.3, -0.25) is 4.79 Å². The molecular formula is C13H16O4. The average Bonchev–Trinajstić information content (AvgIpc) is 2.37. The summed E-state index contributed by atoms with van der Waals surface area (Å²) < 4.78 is 10.2. The number of phenols is 1. The molecule has 1 heterocycles. The molecule has 1 aromatic carbocycles. The average molecular weight is 236 g/mol. The summed E-state index contributed by atoms with van der Waals surface area (Å²) in [6, 6.07) is 5.24. The van der Waals surface area contributed by atoms with Crippen molar-refractivity contribution in [3.8, 4) is 11.5 Å². The second-order valence-corrected chi connectivity index (χ2v) is 4.25. The molecule has 2 rings (SSSR count). The van der Waals surface area contributed by atoms with E-state index in [2.05, 4.69) is 0 Å². The molecular weight excluding hydrogens is 220 g/mol. The van der Waals surface area contributed by atoms with Gasteiger partial charge in [0.2, 0.25) is 0 Å². The van der Waals surface area contributed by atoms with Crippen LogP contribution in [0.2, 0.25) is 0 Å². The van der Waals surface area contributed by atoms with Crippen LogP contribution in [0.25, 0.3) is 0 Å². The third-order valence-electron chi connectivity index (χ3n) is 3.28. The Morgan fingerprint density at radius 3 is 3.06 bits per heavy atom. The second-order valence-electron chi connectivity index (χ2n) is 4.25. The van der Waals surface area contributed by atoms with E-state index in [1.165, 1.54) is 7.11 Å². The van der Waals surface area contributed by atoms with Crippen LogP contribution in [-0.2, 0) is 9.53 Å². The van der Waals surface area contributed by atoms with Crippen molar-refractivity contribution in [2.75, 3.05) is 13.7 Å². The number of rotatable bonds is 2. The molecule has 0 radical (unpaired) electrons. The number of para-hydroxylation sites is 1. The van der Waals surface area contributed by atoms with Crippen molar-refractivity contribution in [2.24, 2.45) is 5.92 Å². The molecule has 0 aromatic heterocycles. The quantitative estimate of drug-likeness (QED) is 0.799. The predicted octanol–water partition coefficient (Wildman–Crippen LogP) is 2.07. The van der Waals surface area contributed by atoms with Crippen molar-refractivity contribution in [2.45, 2.75) is 19.3 Å². The van der Waals surface area contributed by atoms with Gasteiger partial charge in [-0.15, -0.1) is 0 Å². The summed E-state index contributed by atoms with van der Waals surface area (Å²) in [5, 5.41) is 9.71. The molecule has 1 N–H and O–H groups in total. The van der Waals surface area contributed by atoms with Gasteiger partial charge in [0.15, 0.2) is 11.5 Å². The molecule has 1 aliphatic rings. The van der Waals surface area contributed by atoms with E-state index in [9.17, 15) is 9.90 Å². The van der Waals surface area contributed by atoms with E-state index in [0.29, 0.717) is 12.4 Å². The van der Waals surface area contributed by atoms with Crippen LogP contribution in [-0.4, -0.2) is 24.8 Å². The van der Waals surface area contributed by atoms with Crippen molar-refractivity contribution in [3.05, 3.63) is 23.8 Å². The number of hydrogen-bond acceptors (Lipinski definition) is 4. The number of benzene rings is 1. The van der Waals surface area contributed by atoms with Crippen molar-refractivity contribution >= 4 is 5.97 Å². The van der Waals surface area contributed by atoms with Gasteiger partial charge in [-0.1, -0.05) is 19.1 Å². The third kappa shape index (κ3) is 2.07. The smallest absolute Gasteiger partial charge is 0.308 e. The summed E-state index contributed by atoms with van der Waals surface area (Å²) in [6.45, 7) is 2.35. The molecule has 4 heteroatoms. The van der Waals surface area contributed by atoms with Gasteiger partial charge in [-0.2, -0.15) is 0 Å². The summed E-state index contributed by atoms with van der Waals surface area (Å²) >= 11 is 0. The molecule has 0 amide bonds. The molecule has 1 aliphatic heterocycles. The van der Waals surface area contributed by atoms with E-state index in [-0.39, 0.29) is 23.6 Å². The van der Waals surface area contributed by atoms with Crippen LogP contribution < -0.4 is 4.74 Å². The number of fused-ring (bicyclic) bond motifs is 1. The molecule has 0 saturated carbocycles. The fraction of sp³-hybridized carbons (Fsp3) is 0.462. The maximum absolute atomic E-state index is 11.6. The lowest BCUT2D eigenvalue weighted by atomic mass is 9.83. The van der Waals surface area contributed by atoms with Gasteiger partial charge in [-0.25, -0.2) is 0 Å². The minimum Gasteiger partial charge on any atom is -0.504 e. The Bertz CT molecular complexity index is 427. The first kappa shape index (κ1) is 11.8. The number of carbonyl (C=O) groups is 1. The van der Waals surface area contributed by atoms with Gasteiger partial charge >= 0.3 is 5.97 Å². The number of hydrogen-bond donors (Lipinski definition) is 1. The fourth-order valence-corrected chi connectivity index (χ4v) is 2.30. The first-order valence-electron chi connectivity index (χ1n) is 5.67. The molecule has 0 aliphatic carbocycles. The number of esters is 1. The molecule has 2 atom stereocenters. The van der Waals surface area contributed by atoms with Crippen LogP contribution in [0.1, 0.15) is 24.8 Å². The summed E-state index contributed by atoms with van der Waals surface area (Å²) in [6.07, 6.45) is 0.757. The van der Waals surface area contributed by atoms with Gasteiger partial charge in [0.05, 0.1) is 19.6 Å². The van der Waals surface area contributed by atoms with E-state index in [0.717, 1.165) is 12.0 Å². The van der Waals surface area contributed by atoms with Gasteiger partial charge < -0.3 is 14.6 Å². The lowest BCUT2D eigenvalue weighted by molar-refractivity contribution is -0.145. The van der Waals surface area contributed by atoms with Crippen molar-refractivity contribution in [1.29, 1.82) is 0 Å². The largest absolute Gasteiger partial charge is 0.504 e. The Morgan fingerprint density at radius 1 is 1.59 bits per heavy atom.